The second-order valence-electron chi connectivity index (χ2n) is 6.36. The van der Waals surface area contributed by atoms with Gasteiger partial charge in [-0.25, -0.2) is 4.98 Å². The maximum absolute atomic E-state index is 12.1. The lowest BCUT2D eigenvalue weighted by Gasteiger charge is -2.34. The van der Waals surface area contributed by atoms with E-state index in [9.17, 15) is 4.79 Å². The summed E-state index contributed by atoms with van der Waals surface area (Å²) >= 11 is 0. The minimum atomic E-state index is 0.321. The molecule has 2 aromatic rings. The SMILES string of the molecule is O=C(C1CC1)N1CCN(Cc2ncc(-c3ccccc3)o2)CC1. The maximum Gasteiger partial charge on any atom is 0.225 e. The van der Waals surface area contributed by atoms with Crippen LogP contribution in [-0.2, 0) is 11.3 Å². The summed E-state index contributed by atoms with van der Waals surface area (Å²) < 4.78 is 5.86. The molecule has 120 valence electrons. The molecule has 1 saturated carbocycles. The lowest BCUT2D eigenvalue weighted by Crippen LogP contribution is -2.48. The maximum atomic E-state index is 12.1. The van der Waals surface area contributed by atoms with E-state index < -0.39 is 0 Å². The van der Waals surface area contributed by atoms with Crippen LogP contribution in [0.25, 0.3) is 11.3 Å². The molecule has 1 saturated heterocycles. The predicted molar refractivity (Wildman–Crippen MR) is 86.5 cm³/mol. The fraction of sp³-hybridized carbons (Fsp3) is 0.444. The van der Waals surface area contributed by atoms with Crippen LogP contribution in [0, 0.1) is 5.92 Å². The third-order valence-corrected chi connectivity index (χ3v) is 4.58. The molecule has 5 heteroatoms. The molecule has 1 aliphatic carbocycles. The Bertz CT molecular complexity index is 671. The van der Waals surface area contributed by atoms with Gasteiger partial charge in [0.15, 0.2) is 5.76 Å². The van der Waals surface area contributed by atoms with Crippen molar-refractivity contribution in [2.45, 2.75) is 19.4 Å². The Hall–Kier alpha value is -2.14. The fourth-order valence-electron chi connectivity index (χ4n) is 3.03. The van der Waals surface area contributed by atoms with Gasteiger partial charge in [0.25, 0.3) is 0 Å². The van der Waals surface area contributed by atoms with Crippen LogP contribution in [0.5, 0.6) is 0 Å². The summed E-state index contributed by atoms with van der Waals surface area (Å²) in [6.07, 6.45) is 3.95. The van der Waals surface area contributed by atoms with Crippen molar-refractivity contribution in [2.75, 3.05) is 26.2 Å². The number of piperazine rings is 1. The highest BCUT2D eigenvalue weighted by Crippen LogP contribution is 2.31. The third kappa shape index (κ3) is 3.29. The highest BCUT2D eigenvalue weighted by molar-refractivity contribution is 5.81. The first-order chi connectivity index (χ1) is 11.3. The van der Waals surface area contributed by atoms with Crippen LogP contribution < -0.4 is 0 Å². The van der Waals surface area contributed by atoms with Gasteiger partial charge in [-0.15, -0.1) is 0 Å². The Kier molecular flexibility index (Phi) is 3.87. The van der Waals surface area contributed by atoms with Crippen molar-refractivity contribution in [3.8, 4) is 11.3 Å². The summed E-state index contributed by atoms with van der Waals surface area (Å²) in [5.41, 5.74) is 1.05. The van der Waals surface area contributed by atoms with E-state index in [2.05, 4.69) is 9.88 Å². The summed E-state index contributed by atoms with van der Waals surface area (Å²) in [6.45, 7) is 4.13. The van der Waals surface area contributed by atoms with Crippen LogP contribution in [0.15, 0.2) is 40.9 Å². The van der Waals surface area contributed by atoms with E-state index in [-0.39, 0.29) is 0 Å². The van der Waals surface area contributed by atoms with E-state index in [0.29, 0.717) is 18.4 Å². The van der Waals surface area contributed by atoms with Crippen LogP contribution in [0.2, 0.25) is 0 Å². The van der Waals surface area contributed by atoms with Crippen molar-refractivity contribution >= 4 is 5.91 Å². The number of amides is 1. The Balaban J connectivity index is 1.33. The zero-order valence-corrected chi connectivity index (χ0v) is 13.1. The van der Waals surface area contributed by atoms with Crippen LogP contribution in [0.3, 0.4) is 0 Å². The Morgan fingerprint density at radius 2 is 1.87 bits per heavy atom. The van der Waals surface area contributed by atoms with E-state index in [0.717, 1.165) is 56.2 Å². The first-order valence-corrected chi connectivity index (χ1v) is 8.31. The number of nitrogens with zero attached hydrogens (tertiary/aromatic N) is 3. The molecule has 2 aliphatic rings. The molecular formula is C18H21N3O2. The predicted octanol–water partition coefficient (Wildman–Crippen LogP) is 2.40. The van der Waals surface area contributed by atoms with Gasteiger partial charge in [0.2, 0.25) is 11.8 Å². The second kappa shape index (κ2) is 6.16. The lowest BCUT2D eigenvalue weighted by atomic mass is 10.2. The first-order valence-electron chi connectivity index (χ1n) is 8.31. The number of carbonyl (C=O) groups excluding carboxylic acids is 1. The summed E-state index contributed by atoms with van der Waals surface area (Å²) in [5, 5.41) is 0. The standard InChI is InChI=1S/C18H21N3O2/c22-18(15-6-7-15)21-10-8-20(9-11-21)13-17-19-12-16(23-17)14-4-2-1-3-5-14/h1-5,12,15H,6-11,13H2. The number of aromatic nitrogens is 1. The Morgan fingerprint density at radius 3 is 2.57 bits per heavy atom. The number of oxazole rings is 1. The van der Waals surface area contributed by atoms with Gasteiger partial charge in [0.1, 0.15) is 0 Å². The van der Waals surface area contributed by atoms with Gasteiger partial charge in [0, 0.05) is 37.7 Å². The van der Waals surface area contributed by atoms with Crippen LogP contribution >= 0.6 is 0 Å². The minimum Gasteiger partial charge on any atom is -0.439 e. The van der Waals surface area contributed by atoms with Gasteiger partial charge in [-0.3, -0.25) is 9.69 Å². The molecule has 2 fully saturated rings. The second-order valence-corrected chi connectivity index (χ2v) is 6.36. The summed E-state index contributed by atoms with van der Waals surface area (Å²) in [7, 11) is 0. The fourth-order valence-corrected chi connectivity index (χ4v) is 3.03. The van der Waals surface area contributed by atoms with E-state index >= 15 is 0 Å². The van der Waals surface area contributed by atoms with Crippen molar-refractivity contribution in [1.29, 1.82) is 0 Å². The smallest absolute Gasteiger partial charge is 0.225 e. The quantitative estimate of drug-likeness (QED) is 0.870. The number of benzene rings is 1. The van der Waals surface area contributed by atoms with Crippen molar-refractivity contribution in [1.82, 2.24) is 14.8 Å². The van der Waals surface area contributed by atoms with Crippen molar-refractivity contribution in [3.05, 3.63) is 42.4 Å². The molecule has 0 N–H and O–H groups in total. The van der Waals surface area contributed by atoms with Gasteiger partial charge in [-0.2, -0.15) is 0 Å². The molecule has 0 radical (unpaired) electrons. The molecule has 1 aromatic heterocycles. The minimum absolute atomic E-state index is 0.321. The first kappa shape index (κ1) is 14.5. The van der Waals surface area contributed by atoms with E-state index in [1.165, 1.54) is 0 Å². The monoisotopic (exact) mass is 311 g/mol. The molecule has 5 nitrogen and oxygen atoms in total. The molecule has 1 aliphatic heterocycles. The van der Waals surface area contributed by atoms with Gasteiger partial charge in [0.05, 0.1) is 12.7 Å². The van der Waals surface area contributed by atoms with E-state index in [1.54, 1.807) is 6.20 Å². The number of hydrogen-bond donors (Lipinski definition) is 0. The average molecular weight is 311 g/mol. The number of carbonyl (C=O) groups is 1. The van der Waals surface area contributed by atoms with E-state index in [1.807, 2.05) is 35.2 Å². The normalized spacial score (nSPS) is 19.0. The van der Waals surface area contributed by atoms with Gasteiger partial charge in [-0.1, -0.05) is 30.3 Å². The molecule has 0 unspecified atom stereocenters. The summed E-state index contributed by atoms with van der Waals surface area (Å²) in [4.78, 5) is 20.8. The molecular weight excluding hydrogens is 290 g/mol. The van der Waals surface area contributed by atoms with Crippen molar-refractivity contribution in [3.63, 3.8) is 0 Å². The zero-order valence-electron chi connectivity index (χ0n) is 13.1. The highest BCUT2D eigenvalue weighted by atomic mass is 16.4. The van der Waals surface area contributed by atoms with Crippen molar-refractivity contribution < 1.29 is 9.21 Å². The van der Waals surface area contributed by atoms with Crippen LogP contribution in [-0.4, -0.2) is 46.9 Å². The zero-order chi connectivity index (χ0) is 15.6. The number of rotatable bonds is 4. The highest BCUT2D eigenvalue weighted by Gasteiger charge is 2.34. The lowest BCUT2D eigenvalue weighted by molar-refractivity contribution is -0.134. The molecule has 4 rings (SSSR count). The molecule has 0 bridgehead atoms. The van der Waals surface area contributed by atoms with Gasteiger partial charge >= 0.3 is 0 Å². The molecule has 0 atom stereocenters. The summed E-state index contributed by atoms with van der Waals surface area (Å²) in [5.74, 6) is 2.22. The molecule has 1 amide bonds. The van der Waals surface area contributed by atoms with Gasteiger partial charge < -0.3 is 9.32 Å². The average Bonchev–Trinajstić information content (AvgIpc) is 3.35. The topological polar surface area (TPSA) is 49.6 Å². The summed E-state index contributed by atoms with van der Waals surface area (Å²) in [6, 6.07) is 10.0. The third-order valence-electron chi connectivity index (χ3n) is 4.58. The van der Waals surface area contributed by atoms with Crippen LogP contribution in [0.4, 0.5) is 0 Å². The molecule has 23 heavy (non-hydrogen) atoms. The molecule has 1 aromatic carbocycles. The van der Waals surface area contributed by atoms with Crippen LogP contribution in [0.1, 0.15) is 18.7 Å². The molecule has 0 spiro atoms. The van der Waals surface area contributed by atoms with E-state index in [4.69, 9.17) is 4.42 Å². The molecule has 2 heterocycles. The Morgan fingerprint density at radius 1 is 1.13 bits per heavy atom. The van der Waals surface area contributed by atoms with Gasteiger partial charge in [-0.05, 0) is 12.8 Å². The largest absolute Gasteiger partial charge is 0.439 e. The van der Waals surface area contributed by atoms with Crippen molar-refractivity contribution in [2.24, 2.45) is 5.92 Å². The number of hydrogen-bond acceptors (Lipinski definition) is 4. The Labute approximate surface area is 135 Å².